The van der Waals surface area contributed by atoms with Gasteiger partial charge in [-0.3, -0.25) is 9.30 Å². The van der Waals surface area contributed by atoms with Crippen LogP contribution in [0.2, 0.25) is 0 Å². The molecule has 0 spiro atoms. The Labute approximate surface area is 206 Å². The molecule has 3 heterocycles. The van der Waals surface area contributed by atoms with Crippen LogP contribution in [0.15, 0.2) is 42.7 Å². The van der Waals surface area contributed by atoms with Crippen molar-refractivity contribution in [1.29, 1.82) is 0 Å². The van der Waals surface area contributed by atoms with Crippen molar-refractivity contribution < 1.29 is 17.6 Å². The van der Waals surface area contributed by atoms with Gasteiger partial charge in [0.05, 0.1) is 12.1 Å². The van der Waals surface area contributed by atoms with Crippen LogP contribution in [0.4, 0.5) is 29.1 Å². The molecule has 2 aromatic carbocycles. The van der Waals surface area contributed by atoms with Gasteiger partial charge in [-0.1, -0.05) is 20.8 Å². The molecule has 10 heteroatoms. The first-order chi connectivity index (χ1) is 17.0. The summed E-state index contributed by atoms with van der Waals surface area (Å²) in [5, 5.41) is 8.10. The fraction of sp³-hybridized carbons (Fsp3) is 0.423. The number of halogens is 4. The van der Waals surface area contributed by atoms with Crippen LogP contribution in [0.1, 0.15) is 45.7 Å². The second kappa shape index (κ2) is 8.99. The van der Waals surface area contributed by atoms with Crippen LogP contribution in [-0.2, 0) is 0 Å². The van der Waals surface area contributed by atoms with Crippen molar-refractivity contribution in [3.05, 3.63) is 59.9 Å². The van der Waals surface area contributed by atoms with E-state index in [1.807, 2.05) is 0 Å². The van der Waals surface area contributed by atoms with Crippen LogP contribution >= 0.6 is 0 Å². The first-order valence-electron chi connectivity index (χ1n) is 11.9. The standard InChI is InChI=1S/C26H28F4N6/c1-15(26(2,3)4)34-8-7-21(34)16-9-18(28)11-19(10-16)35(13-23(29)30)24-20-12-17(27)5-6-22(20)36-14-31-33-25(36)32-24/h5-6,9-12,14-15,21,23H,7-8,13H2,1-4H3. The minimum absolute atomic E-state index is 0.0248. The molecule has 0 saturated carbocycles. The topological polar surface area (TPSA) is 49.6 Å². The Hall–Kier alpha value is -3.27. The number of hydrogen-bond donors (Lipinski definition) is 0. The van der Waals surface area contributed by atoms with E-state index in [-0.39, 0.29) is 34.8 Å². The van der Waals surface area contributed by atoms with Gasteiger partial charge in [0.25, 0.3) is 12.2 Å². The fourth-order valence-electron chi connectivity index (χ4n) is 4.86. The molecule has 190 valence electrons. The summed E-state index contributed by atoms with van der Waals surface area (Å²) in [6.45, 7) is 8.75. The molecular weight excluding hydrogens is 472 g/mol. The lowest BCUT2D eigenvalue weighted by atomic mass is 9.82. The van der Waals surface area contributed by atoms with Gasteiger partial charge < -0.3 is 4.90 Å². The summed E-state index contributed by atoms with van der Waals surface area (Å²) in [4.78, 5) is 7.98. The monoisotopic (exact) mass is 500 g/mol. The number of fused-ring (bicyclic) bond motifs is 3. The number of hydrogen-bond acceptors (Lipinski definition) is 5. The van der Waals surface area contributed by atoms with Crippen LogP contribution in [0.5, 0.6) is 0 Å². The summed E-state index contributed by atoms with van der Waals surface area (Å²) in [6.07, 6.45) is -0.487. The Morgan fingerprint density at radius 1 is 1.08 bits per heavy atom. The fourth-order valence-corrected chi connectivity index (χ4v) is 4.86. The molecular formula is C26H28F4N6. The Bertz CT molecular complexity index is 1410. The number of aromatic nitrogens is 4. The van der Waals surface area contributed by atoms with Gasteiger partial charge in [-0.2, -0.15) is 4.98 Å². The molecule has 0 amide bonds. The Morgan fingerprint density at radius 2 is 1.86 bits per heavy atom. The molecule has 4 aromatic rings. The number of alkyl halides is 2. The van der Waals surface area contributed by atoms with E-state index in [4.69, 9.17) is 0 Å². The Kier molecular flexibility index (Phi) is 6.10. The Morgan fingerprint density at radius 3 is 2.53 bits per heavy atom. The number of benzene rings is 2. The lowest BCUT2D eigenvalue weighted by molar-refractivity contribution is -0.00133. The van der Waals surface area contributed by atoms with Crippen LogP contribution in [0.3, 0.4) is 0 Å². The summed E-state index contributed by atoms with van der Waals surface area (Å²) in [6, 6.07) is 8.64. The summed E-state index contributed by atoms with van der Waals surface area (Å²) in [7, 11) is 0. The van der Waals surface area contributed by atoms with Crippen LogP contribution in [0.25, 0.3) is 16.7 Å². The first kappa shape index (κ1) is 24.4. The predicted molar refractivity (Wildman–Crippen MR) is 131 cm³/mol. The highest BCUT2D eigenvalue weighted by Crippen LogP contribution is 2.42. The normalized spacial score (nSPS) is 17.6. The van der Waals surface area contributed by atoms with E-state index in [1.165, 1.54) is 41.6 Å². The molecule has 1 aliphatic rings. The van der Waals surface area contributed by atoms with Gasteiger partial charge in [0.2, 0.25) is 0 Å². The number of nitrogens with zero attached hydrogens (tertiary/aromatic N) is 6. The van der Waals surface area contributed by atoms with Crippen LogP contribution in [0, 0.1) is 17.0 Å². The summed E-state index contributed by atoms with van der Waals surface area (Å²) >= 11 is 0. The molecule has 2 unspecified atom stereocenters. The zero-order chi connectivity index (χ0) is 25.8. The van der Waals surface area contributed by atoms with Crippen molar-refractivity contribution in [2.24, 2.45) is 5.41 Å². The second-order valence-corrected chi connectivity index (χ2v) is 10.4. The lowest BCUT2D eigenvalue weighted by Gasteiger charge is -2.49. The average Bonchev–Trinajstić information content (AvgIpc) is 3.23. The predicted octanol–water partition coefficient (Wildman–Crippen LogP) is 6.14. The molecule has 0 aliphatic carbocycles. The van der Waals surface area contributed by atoms with Gasteiger partial charge in [0.1, 0.15) is 23.8 Å². The van der Waals surface area contributed by atoms with Gasteiger partial charge in [-0.25, -0.2) is 17.6 Å². The molecule has 36 heavy (non-hydrogen) atoms. The van der Waals surface area contributed by atoms with Crippen molar-refractivity contribution in [3.8, 4) is 0 Å². The third-order valence-electron chi connectivity index (χ3n) is 7.18. The zero-order valence-electron chi connectivity index (χ0n) is 20.6. The molecule has 1 aliphatic heterocycles. The summed E-state index contributed by atoms with van der Waals surface area (Å²) < 4.78 is 58.5. The summed E-state index contributed by atoms with van der Waals surface area (Å²) in [5.41, 5.74) is 1.46. The molecule has 0 N–H and O–H groups in total. The Balaban J connectivity index is 1.64. The maximum atomic E-state index is 15.0. The van der Waals surface area contributed by atoms with Crippen molar-refractivity contribution in [2.45, 2.75) is 52.6 Å². The minimum atomic E-state index is -2.75. The second-order valence-electron chi connectivity index (χ2n) is 10.4. The van der Waals surface area contributed by atoms with Gasteiger partial charge in [-0.05, 0) is 60.7 Å². The van der Waals surface area contributed by atoms with Gasteiger partial charge in [0, 0.05) is 29.7 Å². The quantitative estimate of drug-likeness (QED) is 0.298. The highest BCUT2D eigenvalue weighted by molar-refractivity contribution is 5.93. The van der Waals surface area contributed by atoms with E-state index >= 15 is 0 Å². The lowest BCUT2D eigenvalue weighted by Crippen LogP contribution is -2.51. The van der Waals surface area contributed by atoms with Gasteiger partial charge in [0.15, 0.2) is 0 Å². The number of rotatable bonds is 6. The molecule has 1 saturated heterocycles. The maximum Gasteiger partial charge on any atom is 0.257 e. The van der Waals surface area contributed by atoms with E-state index in [9.17, 15) is 17.6 Å². The zero-order valence-corrected chi connectivity index (χ0v) is 20.6. The maximum absolute atomic E-state index is 15.0. The van der Waals surface area contributed by atoms with Crippen molar-refractivity contribution in [1.82, 2.24) is 24.5 Å². The number of likely N-dealkylation sites (tertiary alicyclic amines) is 1. The SMILES string of the molecule is CC(N1CCC1c1cc(F)cc(N(CC(F)F)c2nc3nncn3c3ccc(F)cc23)c1)C(C)(C)C. The molecule has 0 radical (unpaired) electrons. The van der Waals surface area contributed by atoms with Crippen molar-refractivity contribution in [3.63, 3.8) is 0 Å². The van der Waals surface area contributed by atoms with E-state index in [1.54, 1.807) is 10.5 Å². The third kappa shape index (κ3) is 4.38. The van der Waals surface area contributed by atoms with Crippen LogP contribution < -0.4 is 4.90 Å². The molecule has 2 aromatic heterocycles. The van der Waals surface area contributed by atoms with Gasteiger partial charge >= 0.3 is 0 Å². The van der Waals surface area contributed by atoms with Crippen molar-refractivity contribution >= 4 is 28.2 Å². The molecule has 6 nitrogen and oxygen atoms in total. The average molecular weight is 501 g/mol. The highest BCUT2D eigenvalue weighted by Gasteiger charge is 2.38. The highest BCUT2D eigenvalue weighted by atomic mass is 19.3. The smallest absolute Gasteiger partial charge is 0.257 e. The molecule has 5 rings (SSSR count). The summed E-state index contributed by atoms with van der Waals surface area (Å²) in [5.74, 6) is -0.841. The largest absolute Gasteiger partial charge is 0.320 e. The first-order valence-corrected chi connectivity index (χ1v) is 11.9. The van der Waals surface area contributed by atoms with Gasteiger partial charge in [-0.15, -0.1) is 10.2 Å². The van der Waals surface area contributed by atoms with E-state index in [0.29, 0.717) is 16.5 Å². The minimum Gasteiger partial charge on any atom is -0.320 e. The van der Waals surface area contributed by atoms with E-state index in [2.05, 4.69) is 47.8 Å². The van der Waals surface area contributed by atoms with E-state index in [0.717, 1.165) is 13.0 Å². The molecule has 2 atom stereocenters. The van der Waals surface area contributed by atoms with E-state index < -0.39 is 24.6 Å². The molecule has 1 fully saturated rings. The van der Waals surface area contributed by atoms with Crippen LogP contribution in [-0.4, -0.2) is 50.0 Å². The molecule has 0 bridgehead atoms. The van der Waals surface area contributed by atoms with Crippen molar-refractivity contribution in [2.75, 3.05) is 18.0 Å². The third-order valence-corrected chi connectivity index (χ3v) is 7.18. The number of anilines is 2.